The van der Waals surface area contributed by atoms with E-state index in [9.17, 15) is 4.79 Å². The van der Waals surface area contributed by atoms with Crippen LogP contribution in [0.1, 0.15) is 18.9 Å². The molecule has 0 heterocycles. The summed E-state index contributed by atoms with van der Waals surface area (Å²) in [6, 6.07) is 11.6. The third-order valence-corrected chi connectivity index (χ3v) is 3.61. The van der Waals surface area contributed by atoms with Crippen LogP contribution in [0.4, 0.5) is 0 Å². The van der Waals surface area contributed by atoms with E-state index >= 15 is 0 Å². The Morgan fingerprint density at radius 2 is 2.14 bits per heavy atom. The minimum absolute atomic E-state index is 0.0361. The van der Waals surface area contributed by atoms with Crippen molar-refractivity contribution in [3.63, 3.8) is 0 Å². The summed E-state index contributed by atoms with van der Waals surface area (Å²) in [5, 5.41) is 14.1. The number of nitrogens with one attached hydrogen (secondary N) is 1. The number of carbonyl (C=O) groups is 1. The Kier molecular flexibility index (Phi) is 5.17. The third kappa shape index (κ3) is 3.73. The minimum atomic E-state index is -0.179. The van der Waals surface area contributed by atoms with Gasteiger partial charge in [0, 0.05) is 0 Å². The molecule has 1 atom stereocenters. The summed E-state index contributed by atoms with van der Waals surface area (Å²) in [5.41, 5.74) is 0.955. The van der Waals surface area contributed by atoms with Gasteiger partial charge in [0.05, 0.1) is 26.2 Å². The molecule has 0 aliphatic heterocycles. The lowest BCUT2D eigenvalue weighted by atomic mass is 10.0. The van der Waals surface area contributed by atoms with Crippen LogP contribution in [0.2, 0.25) is 0 Å². The number of carbonyl (C=O) groups excluding carboxylic acids is 1. The lowest BCUT2D eigenvalue weighted by molar-refractivity contribution is -0.121. The third-order valence-electron chi connectivity index (χ3n) is 3.61. The van der Waals surface area contributed by atoms with Gasteiger partial charge in [0.25, 0.3) is 0 Å². The van der Waals surface area contributed by atoms with E-state index in [2.05, 4.69) is 5.32 Å². The molecule has 0 fully saturated rings. The molecular formula is C17H21NO3. The number of fused-ring (bicyclic) bond motifs is 1. The predicted molar refractivity (Wildman–Crippen MR) is 83.5 cm³/mol. The van der Waals surface area contributed by atoms with Gasteiger partial charge in [-0.25, -0.2) is 0 Å². The van der Waals surface area contributed by atoms with E-state index < -0.39 is 0 Å². The number of ether oxygens (including phenoxy) is 1. The summed E-state index contributed by atoms with van der Waals surface area (Å²) < 4.78 is 5.25. The maximum Gasteiger partial charge on any atom is 0.224 e. The Morgan fingerprint density at radius 3 is 2.81 bits per heavy atom. The van der Waals surface area contributed by atoms with Crippen LogP contribution in [0, 0.1) is 0 Å². The van der Waals surface area contributed by atoms with E-state index in [0.29, 0.717) is 12.8 Å². The first-order valence-corrected chi connectivity index (χ1v) is 7.13. The smallest absolute Gasteiger partial charge is 0.224 e. The van der Waals surface area contributed by atoms with Crippen molar-refractivity contribution < 1.29 is 14.6 Å². The largest absolute Gasteiger partial charge is 0.497 e. The van der Waals surface area contributed by atoms with Crippen LogP contribution in [0.3, 0.4) is 0 Å². The highest BCUT2D eigenvalue weighted by Gasteiger charge is 2.11. The molecule has 2 rings (SSSR count). The van der Waals surface area contributed by atoms with Crippen LogP contribution >= 0.6 is 0 Å². The second-order valence-corrected chi connectivity index (χ2v) is 5.04. The fraction of sp³-hybridized carbons (Fsp3) is 0.353. The maximum absolute atomic E-state index is 12.1. The first-order chi connectivity index (χ1) is 10.2. The number of aliphatic hydroxyl groups excluding tert-OH is 1. The average Bonchev–Trinajstić information content (AvgIpc) is 2.52. The molecule has 0 radical (unpaired) electrons. The molecule has 0 aliphatic carbocycles. The fourth-order valence-corrected chi connectivity index (χ4v) is 2.33. The van der Waals surface area contributed by atoms with Gasteiger partial charge in [-0.05, 0) is 34.9 Å². The Labute approximate surface area is 124 Å². The Morgan fingerprint density at radius 1 is 1.33 bits per heavy atom. The fourth-order valence-electron chi connectivity index (χ4n) is 2.33. The van der Waals surface area contributed by atoms with Crippen molar-refractivity contribution >= 4 is 16.7 Å². The molecule has 2 aromatic rings. The van der Waals surface area contributed by atoms with Crippen LogP contribution < -0.4 is 10.1 Å². The van der Waals surface area contributed by atoms with Crippen LogP contribution in [0.25, 0.3) is 10.8 Å². The van der Waals surface area contributed by atoms with Gasteiger partial charge < -0.3 is 15.2 Å². The van der Waals surface area contributed by atoms with Gasteiger partial charge in [0.2, 0.25) is 5.91 Å². The number of methoxy groups -OCH3 is 1. The molecule has 2 N–H and O–H groups in total. The van der Waals surface area contributed by atoms with E-state index in [1.165, 1.54) is 0 Å². The van der Waals surface area contributed by atoms with Crippen molar-refractivity contribution in [3.05, 3.63) is 42.0 Å². The van der Waals surface area contributed by atoms with Crippen LogP contribution in [0.15, 0.2) is 36.4 Å². The van der Waals surface area contributed by atoms with E-state index in [4.69, 9.17) is 9.84 Å². The maximum atomic E-state index is 12.1. The number of rotatable bonds is 6. The Bertz CT molecular complexity index is 620. The van der Waals surface area contributed by atoms with Crippen molar-refractivity contribution in [3.8, 4) is 5.75 Å². The molecule has 0 aliphatic rings. The van der Waals surface area contributed by atoms with Gasteiger partial charge in [0.1, 0.15) is 5.75 Å². The first-order valence-electron chi connectivity index (χ1n) is 7.13. The number of hydrogen-bond donors (Lipinski definition) is 2. The minimum Gasteiger partial charge on any atom is -0.497 e. The molecule has 0 spiro atoms. The number of benzene rings is 2. The monoisotopic (exact) mass is 287 g/mol. The topological polar surface area (TPSA) is 58.6 Å². The molecule has 1 amide bonds. The molecule has 2 aromatic carbocycles. The predicted octanol–water partition coefficient (Wildman–Crippen LogP) is 2.28. The van der Waals surface area contributed by atoms with Gasteiger partial charge in [-0.3, -0.25) is 4.79 Å². The summed E-state index contributed by atoms with van der Waals surface area (Å²) in [7, 11) is 1.63. The summed E-state index contributed by atoms with van der Waals surface area (Å²) in [6.07, 6.45) is 1.01. The highest BCUT2D eigenvalue weighted by atomic mass is 16.5. The number of aliphatic hydroxyl groups is 1. The molecule has 0 unspecified atom stereocenters. The van der Waals surface area contributed by atoms with E-state index in [0.717, 1.165) is 22.1 Å². The summed E-state index contributed by atoms with van der Waals surface area (Å²) >= 11 is 0. The Balaban J connectivity index is 2.23. The lowest BCUT2D eigenvalue weighted by Crippen LogP contribution is -2.37. The molecule has 0 saturated carbocycles. The quantitative estimate of drug-likeness (QED) is 0.857. The first kappa shape index (κ1) is 15.3. The molecule has 112 valence electrons. The van der Waals surface area contributed by atoms with Crippen molar-refractivity contribution in [2.24, 2.45) is 0 Å². The van der Waals surface area contributed by atoms with Gasteiger partial charge in [-0.1, -0.05) is 31.2 Å². The van der Waals surface area contributed by atoms with Gasteiger partial charge >= 0.3 is 0 Å². The van der Waals surface area contributed by atoms with E-state index in [1.54, 1.807) is 7.11 Å². The molecule has 21 heavy (non-hydrogen) atoms. The zero-order valence-electron chi connectivity index (χ0n) is 12.4. The summed E-state index contributed by atoms with van der Waals surface area (Å²) in [5.74, 6) is 0.698. The van der Waals surface area contributed by atoms with Gasteiger partial charge in [0.15, 0.2) is 0 Å². The summed E-state index contributed by atoms with van der Waals surface area (Å²) in [4.78, 5) is 12.1. The normalized spacial score (nSPS) is 12.1. The second kappa shape index (κ2) is 7.09. The standard InChI is InChI=1S/C17H21NO3/c1-3-14(11-19)18-17(20)9-13-6-4-5-12-7-8-15(21-2)10-16(12)13/h4-8,10,14,19H,3,9,11H2,1-2H3,(H,18,20)/t14-/m0/s1. The van der Waals surface area contributed by atoms with Crippen LogP contribution in [-0.4, -0.2) is 30.8 Å². The number of hydrogen-bond acceptors (Lipinski definition) is 3. The van der Waals surface area contributed by atoms with Crippen LogP contribution in [-0.2, 0) is 11.2 Å². The molecule has 4 heteroatoms. The molecule has 0 bridgehead atoms. The second-order valence-electron chi connectivity index (χ2n) is 5.04. The van der Waals surface area contributed by atoms with E-state index in [1.807, 2.05) is 43.3 Å². The van der Waals surface area contributed by atoms with Crippen molar-refractivity contribution in [1.29, 1.82) is 0 Å². The van der Waals surface area contributed by atoms with Gasteiger partial charge in [-0.2, -0.15) is 0 Å². The van der Waals surface area contributed by atoms with Crippen molar-refractivity contribution in [1.82, 2.24) is 5.32 Å². The lowest BCUT2D eigenvalue weighted by Gasteiger charge is -2.14. The van der Waals surface area contributed by atoms with Gasteiger partial charge in [-0.15, -0.1) is 0 Å². The number of amides is 1. The molecule has 0 saturated heterocycles. The zero-order valence-corrected chi connectivity index (χ0v) is 12.4. The molecular weight excluding hydrogens is 266 g/mol. The van der Waals surface area contributed by atoms with E-state index in [-0.39, 0.29) is 18.6 Å². The summed E-state index contributed by atoms with van der Waals surface area (Å²) in [6.45, 7) is 1.90. The Hall–Kier alpha value is -2.07. The highest BCUT2D eigenvalue weighted by Crippen LogP contribution is 2.24. The zero-order chi connectivity index (χ0) is 15.2. The average molecular weight is 287 g/mol. The highest BCUT2D eigenvalue weighted by molar-refractivity contribution is 5.91. The van der Waals surface area contributed by atoms with Crippen molar-refractivity contribution in [2.45, 2.75) is 25.8 Å². The SMILES string of the molecule is CC[C@@H](CO)NC(=O)Cc1cccc2ccc(OC)cc12. The molecule has 0 aromatic heterocycles. The van der Waals surface area contributed by atoms with Crippen molar-refractivity contribution in [2.75, 3.05) is 13.7 Å². The molecule has 4 nitrogen and oxygen atoms in total. The van der Waals surface area contributed by atoms with Crippen LogP contribution in [0.5, 0.6) is 5.75 Å².